The minimum absolute atomic E-state index is 0.0155. The van der Waals surface area contributed by atoms with Gasteiger partial charge < -0.3 is 15.9 Å². The molecule has 0 aliphatic heterocycles. The number of nitrogens with two attached hydrogens (primary N) is 2. The average molecular weight is 493 g/mol. The van der Waals surface area contributed by atoms with E-state index < -0.39 is 34.8 Å². The van der Waals surface area contributed by atoms with Gasteiger partial charge in [-0.1, -0.05) is 23.9 Å². The highest BCUT2D eigenvalue weighted by Crippen LogP contribution is 2.41. The Morgan fingerprint density at radius 1 is 1.30 bits per heavy atom. The van der Waals surface area contributed by atoms with E-state index in [0.717, 1.165) is 17.6 Å². The maximum atomic E-state index is 13.9. The predicted octanol–water partition coefficient (Wildman–Crippen LogP) is 2.13. The molecule has 0 aliphatic rings. The Hall–Kier alpha value is -3.38. The molecule has 0 aliphatic carbocycles. The van der Waals surface area contributed by atoms with Crippen LogP contribution in [0.1, 0.15) is 5.56 Å². The van der Waals surface area contributed by atoms with Crippen molar-refractivity contribution in [2.45, 2.75) is 18.6 Å². The molecular weight excluding hydrogens is 473 g/mol. The van der Waals surface area contributed by atoms with E-state index in [1.165, 1.54) is 18.5 Å². The number of methoxy groups -OCH3 is 1. The van der Waals surface area contributed by atoms with E-state index in [2.05, 4.69) is 10.1 Å². The number of thioether (sulfide) groups is 1. The molecular formula is C18H20F5N7O2S. The second-order valence-corrected chi connectivity index (χ2v) is 7.00. The molecule has 1 amide bonds. The maximum Gasteiger partial charge on any atom is 0.459 e. The first kappa shape index (κ1) is 27.7. The highest BCUT2D eigenvalue weighted by Gasteiger charge is 2.61. The number of hydrazine groups is 1. The third-order valence-electron chi connectivity index (χ3n) is 3.98. The van der Waals surface area contributed by atoms with Crippen LogP contribution in [0.3, 0.4) is 0 Å². The van der Waals surface area contributed by atoms with E-state index >= 15 is 0 Å². The lowest BCUT2D eigenvalue weighted by atomic mass is 10.1. The monoisotopic (exact) mass is 493 g/mol. The molecule has 0 heterocycles. The molecule has 0 spiro atoms. The second-order valence-electron chi connectivity index (χ2n) is 6.03. The van der Waals surface area contributed by atoms with Gasteiger partial charge in [-0.3, -0.25) is 14.8 Å². The summed E-state index contributed by atoms with van der Waals surface area (Å²) in [7, 11) is 2.57. The van der Waals surface area contributed by atoms with Crippen molar-refractivity contribution in [3.05, 3.63) is 41.1 Å². The van der Waals surface area contributed by atoms with Gasteiger partial charge in [0, 0.05) is 7.05 Å². The third kappa shape index (κ3) is 7.05. The summed E-state index contributed by atoms with van der Waals surface area (Å²) in [6, 6.07) is 8.04. The molecule has 0 saturated heterocycles. The van der Waals surface area contributed by atoms with Crippen LogP contribution < -0.4 is 21.7 Å². The Labute approximate surface area is 189 Å². The van der Waals surface area contributed by atoms with Crippen molar-refractivity contribution in [3.8, 4) is 11.8 Å². The van der Waals surface area contributed by atoms with Gasteiger partial charge in [0.1, 0.15) is 34.0 Å². The molecule has 15 heteroatoms. The minimum atomic E-state index is -6.07. The number of hydrazone groups is 1. The molecule has 0 atom stereocenters. The number of aliphatic imine (C=N–C) groups is 1. The zero-order valence-electron chi connectivity index (χ0n) is 17.4. The number of hydrogen-bond donors (Lipinski definition) is 3. The summed E-state index contributed by atoms with van der Waals surface area (Å²) in [4.78, 5) is 14.3. The summed E-state index contributed by atoms with van der Waals surface area (Å²) < 4.78 is 71.4. The number of halogens is 5. The predicted molar refractivity (Wildman–Crippen MR) is 113 cm³/mol. The molecule has 1 aromatic rings. The van der Waals surface area contributed by atoms with E-state index in [1.54, 1.807) is 24.3 Å². The Morgan fingerprint density at radius 2 is 1.91 bits per heavy atom. The summed E-state index contributed by atoms with van der Waals surface area (Å²) in [5, 5.41) is 14.6. The van der Waals surface area contributed by atoms with Crippen molar-refractivity contribution in [2.24, 2.45) is 21.8 Å². The van der Waals surface area contributed by atoms with Crippen molar-refractivity contribution >= 4 is 29.1 Å². The average Bonchev–Trinajstić information content (AvgIpc) is 2.77. The SMILES string of the molecule is CN=C(SC/C(=N/N)N(N)Cc1ccc(OC)cc1)/C(C#N)=C(\NC=O)C(F)(F)C(F)(F)F. The first-order chi connectivity index (χ1) is 15.5. The van der Waals surface area contributed by atoms with E-state index in [-0.39, 0.29) is 18.1 Å². The highest BCUT2D eigenvalue weighted by molar-refractivity contribution is 8.15. The summed E-state index contributed by atoms with van der Waals surface area (Å²) >= 11 is 0.573. The molecule has 180 valence electrons. The van der Waals surface area contributed by atoms with Crippen molar-refractivity contribution in [3.63, 3.8) is 0 Å². The maximum absolute atomic E-state index is 13.9. The van der Waals surface area contributed by atoms with Crippen molar-refractivity contribution in [1.82, 2.24) is 10.3 Å². The van der Waals surface area contributed by atoms with Crippen molar-refractivity contribution in [2.75, 3.05) is 19.9 Å². The van der Waals surface area contributed by atoms with Gasteiger partial charge >= 0.3 is 12.1 Å². The van der Waals surface area contributed by atoms with Crippen LogP contribution in [0.2, 0.25) is 0 Å². The molecule has 1 aromatic carbocycles. The normalized spacial score (nSPS) is 13.7. The Balaban J connectivity index is 3.13. The Bertz CT molecular complexity index is 956. The van der Waals surface area contributed by atoms with E-state index in [1.807, 2.05) is 0 Å². The fourth-order valence-corrected chi connectivity index (χ4v) is 3.25. The molecule has 33 heavy (non-hydrogen) atoms. The van der Waals surface area contributed by atoms with Gasteiger partial charge in [0.25, 0.3) is 0 Å². The number of benzene rings is 1. The smallest absolute Gasteiger partial charge is 0.459 e. The summed E-state index contributed by atoms with van der Waals surface area (Å²) in [6.45, 7) is 0.115. The lowest BCUT2D eigenvalue weighted by Crippen LogP contribution is -2.44. The number of nitrogens with one attached hydrogen (secondary N) is 1. The van der Waals surface area contributed by atoms with Crippen LogP contribution in [0.5, 0.6) is 5.75 Å². The summed E-state index contributed by atoms with van der Waals surface area (Å²) in [5.41, 5.74) is -2.39. The van der Waals surface area contributed by atoms with Crippen molar-refractivity contribution in [1.29, 1.82) is 5.26 Å². The number of carbonyl (C=O) groups excluding carboxylic acids is 1. The number of amidine groups is 1. The molecule has 5 N–H and O–H groups in total. The van der Waals surface area contributed by atoms with Crippen LogP contribution in [0, 0.1) is 11.3 Å². The minimum Gasteiger partial charge on any atom is -0.497 e. The summed E-state index contributed by atoms with van der Waals surface area (Å²) in [6.07, 6.45) is -6.46. The molecule has 0 fully saturated rings. The molecule has 1 rings (SSSR count). The topological polar surface area (TPSA) is 142 Å². The Morgan fingerprint density at radius 3 is 2.33 bits per heavy atom. The first-order valence-corrected chi connectivity index (χ1v) is 9.76. The van der Waals surface area contributed by atoms with Crippen LogP contribution in [0.4, 0.5) is 22.0 Å². The Kier molecular flexibility index (Phi) is 10.1. The van der Waals surface area contributed by atoms with E-state index in [0.29, 0.717) is 17.5 Å². The van der Waals surface area contributed by atoms with Crippen LogP contribution in [-0.4, -0.2) is 54.3 Å². The largest absolute Gasteiger partial charge is 0.497 e. The number of nitriles is 1. The number of nitrogens with zero attached hydrogens (tertiary/aromatic N) is 4. The standard InChI is InChI=1S/C18H20F5N7O2S/c1-27-16(13(7-24)15(28-10-31)17(19,20)18(21,22)23)33-9-14(29-25)30(26)8-11-3-5-12(32-2)6-4-11/h3-6,10H,8-9,25-26H2,1-2H3,(H,28,31)/b15-13-,27-16?,29-14-. The number of hydrogen-bond acceptors (Lipinski definition) is 8. The number of rotatable bonds is 9. The fraction of sp³-hybridized carbons (Fsp3) is 0.333. The van der Waals surface area contributed by atoms with Crippen LogP contribution >= 0.6 is 11.8 Å². The molecule has 0 saturated carbocycles. The van der Waals surface area contributed by atoms with Gasteiger partial charge in [0.2, 0.25) is 6.41 Å². The molecule has 0 aromatic heterocycles. The molecule has 9 nitrogen and oxygen atoms in total. The van der Waals surface area contributed by atoms with Gasteiger partial charge in [-0.2, -0.15) is 32.3 Å². The van der Waals surface area contributed by atoms with E-state index in [9.17, 15) is 32.0 Å². The van der Waals surface area contributed by atoms with Crippen LogP contribution in [0.15, 0.2) is 45.6 Å². The zero-order chi connectivity index (χ0) is 25.2. The number of ether oxygens (including phenoxy) is 1. The van der Waals surface area contributed by atoms with Gasteiger partial charge in [-0.05, 0) is 17.7 Å². The molecule has 0 unspecified atom stereocenters. The molecule has 0 radical (unpaired) electrons. The van der Waals surface area contributed by atoms with Gasteiger partial charge in [0.15, 0.2) is 0 Å². The van der Waals surface area contributed by atoms with Gasteiger partial charge in [-0.15, -0.1) is 0 Å². The molecule has 0 bridgehead atoms. The van der Waals surface area contributed by atoms with Crippen molar-refractivity contribution < 1.29 is 31.5 Å². The lowest BCUT2D eigenvalue weighted by molar-refractivity contribution is -0.265. The number of alkyl halides is 5. The quantitative estimate of drug-likeness (QED) is 0.0910. The van der Waals surface area contributed by atoms with Gasteiger partial charge in [-0.25, -0.2) is 5.84 Å². The van der Waals surface area contributed by atoms with Crippen LogP contribution in [0.25, 0.3) is 0 Å². The third-order valence-corrected chi connectivity index (χ3v) is 5.05. The fourth-order valence-electron chi connectivity index (χ4n) is 2.33. The number of carbonyl (C=O) groups is 1. The zero-order valence-corrected chi connectivity index (χ0v) is 18.2. The van der Waals surface area contributed by atoms with Gasteiger partial charge in [0.05, 0.1) is 19.4 Å². The second kappa shape index (κ2) is 12.0. The number of amides is 1. The first-order valence-electron chi connectivity index (χ1n) is 8.78. The highest BCUT2D eigenvalue weighted by atomic mass is 32.2. The summed E-state index contributed by atoms with van der Waals surface area (Å²) in [5.74, 6) is 6.13. The van der Waals surface area contributed by atoms with E-state index in [4.69, 9.17) is 16.4 Å². The number of allylic oxidation sites excluding steroid dienone is 1. The lowest BCUT2D eigenvalue weighted by Gasteiger charge is -2.23. The van der Waals surface area contributed by atoms with Crippen LogP contribution in [-0.2, 0) is 11.3 Å².